The van der Waals surface area contributed by atoms with Crippen LogP contribution in [0.15, 0.2) is 36.4 Å². The van der Waals surface area contributed by atoms with Gasteiger partial charge in [0.15, 0.2) is 0 Å². The van der Waals surface area contributed by atoms with Crippen LogP contribution in [-0.4, -0.2) is 12.1 Å². The van der Waals surface area contributed by atoms with E-state index in [2.05, 4.69) is 18.2 Å². The minimum Gasteiger partial charge on any atom is -0.496 e. The smallest absolute Gasteiger partial charge is 0.126 e. The van der Waals surface area contributed by atoms with Crippen LogP contribution in [0.1, 0.15) is 23.8 Å². The maximum atomic E-state index is 6.23. The van der Waals surface area contributed by atoms with Gasteiger partial charge in [0.2, 0.25) is 0 Å². The maximum absolute atomic E-state index is 6.23. The number of nitrogen functional groups attached to an aromatic ring is 1. The average Bonchev–Trinajstić information content (AvgIpc) is 3.29. The van der Waals surface area contributed by atoms with Gasteiger partial charge in [0.1, 0.15) is 16.4 Å². The lowest BCUT2D eigenvalue weighted by atomic mass is 10.0. The summed E-state index contributed by atoms with van der Waals surface area (Å²) in [5.41, 5.74) is 8.23. The molecule has 0 atom stereocenters. The van der Waals surface area contributed by atoms with E-state index in [-0.39, 0.29) is 0 Å². The first-order valence-corrected chi connectivity index (χ1v) is 7.92. The highest BCUT2D eigenvalue weighted by atomic mass is 32.1. The van der Waals surface area contributed by atoms with Gasteiger partial charge in [-0.3, -0.25) is 0 Å². The quantitative estimate of drug-likeness (QED) is 0.777. The van der Waals surface area contributed by atoms with Crippen LogP contribution in [0.25, 0.3) is 22.0 Å². The molecule has 0 unspecified atom stereocenters. The van der Waals surface area contributed by atoms with Crippen LogP contribution in [0.5, 0.6) is 5.75 Å². The molecule has 1 aliphatic rings. The van der Waals surface area contributed by atoms with Crippen LogP contribution in [-0.2, 0) is 0 Å². The summed E-state index contributed by atoms with van der Waals surface area (Å²) in [6.07, 6.45) is 2.49. The van der Waals surface area contributed by atoms with Gasteiger partial charge >= 0.3 is 0 Å². The zero-order chi connectivity index (χ0) is 14.4. The number of aromatic nitrogens is 1. The Hall–Kier alpha value is -2.07. The lowest BCUT2D eigenvalue weighted by Crippen LogP contribution is -1.90. The van der Waals surface area contributed by atoms with Gasteiger partial charge in [0.25, 0.3) is 0 Å². The Labute approximate surface area is 127 Å². The average molecular weight is 296 g/mol. The van der Waals surface area contributed by atoms with Crippen molar-refractivity contribution in [2.24, 2.45) is 0 Å². The molecule has 2 N–H and O–H groups in total. The minimum atomic E-state index is 0.635. The fourth-order valence-corrected chi connectivity index (χ4v) is 3.72. The molecular weight excluding hydrogens is 280 g/mol. The normalized spacial score (nSPS) is 14.5. The maximum Gasteiger partial charge on any atom is 0.126 e. The number of nitrogens with zero attached hydrogens (tertiary/aromatic N) is 1. The van der Waals surface area contributed by atoms with E-state index < -0.39 is 0 Å². The van der Waals surface area contributed by atoms with Gasteiger partial charge in [-0.25, -0.2) is 4.98 Å². The first-order valence-electron chi connectivity index (χ1n) is 7.10. The molecule has 1 aliphatic carbocycles. The molecule has 3 nitrogen and oxygen atoms in total. The van der Waals surface area contributed by atoms with E-state index in [0.29, 0.717) is 5.92 Å². The second-order valence-electron chi connectivity index (χ2n) is 5.40. The van der Waals surface area contributed by atoms with Crippen LogP contribution < -0.4 is 10.5 Å². The number of hydrogen-bond acceptors (Lipinski definition) is 4. The molecule has 2 aromatic carbocycles. The molecule has 1 aromatic heterocycles. The van der Waals surface area contributed by atoms with E-state index >= 15 is 0 Å². The SMILES string of the molecule is COc1ccc(-c2nc(C3CC3)sc2N)c2ccccc12. The molecule has 21 heavy (non-hydrogen) atoms. The Morgan fingerprint density at radius 1 is 1.14 bits per heavy atom. The number of anilines is 1. The van der Waals surface area contributed by atoms with E-state index in [1.165, 1.54) is 17.8 Å². The van der Waals surface area contributed by atoms with Crippen molar-refractivity contribution in [2.45, 2.75) is 18.8 Å². The summed E-state index contributed by atoms with van der Waals surface area (Å²) in [4.78, 5) is 4.80. The molecule has 0 bridgehead atoms. The Bertz CT molecular complexity index is 821. The zero-order valence-electron chi connectivity index (χ0n) is 11.8. The highest BCUT2D eigenvalue weighted by Crippen LogP contribution is 2.46. The van der Waals surface area contributed by atoms with Crippen molar-refractivity contribution in [1.29, 1.82) is 0 Å². The van der Waals surface area contributed by atoms with E-state index in [0.717, 1.165) is 32.8 Å². The summed E-state index contributed by atoms with van der Waals surface area (Å²) in [6, 6.07) is 12.3. The van der Waals surface area contributed by atoms with Crippen LogP contribution in [0.3, 0.4) is 0 Å². The van der Waals surface area contributed by atoms with E-state index in [4.69, 9.17) is 15.5 Å². The lowest BCUT2D eigenvalue weighted by Gasteiger charge is -2.09. The molecule has 0 saturated heterocycles. The number of rotatable bonds is 3. The van der Waals surface area contributed by atoms with Gasteiger partial charge in [0.05, 0.1) is 12.1 Å². The summed E-state index contributed by atoms with van der Waals surface area (Å²) >= 11 is 1.63. The highest BCUT2D eigenvalue weighted by molar-refractivity contribution is 7.16. The van der Waals surface area contributed by atoms with Gasteiger partial charge in [-0.2, -0.15) is 0 Å². The first kappa shape index (κ1) is 12.7. The van der Waals surface area contributed by atoms with Crippen LogP contribution in [0.4, 0.5) is 5.00 Å². The Morgan fingerprint density at radius 2 is 1.90 bits per heavy atom. The second kappa shape index (κ2) is 4.74. The monoisotopic (exact) mass is 296 g/mol. The third kappa shape index (κ3) is 2.07. The predicted octanol–water partition coefficient (Wildman–Crippen LogP) is 4.43. The van der Waals surface area contributed by atoms with Crippen LogP contribution >= 0.6 is 11.3 Å². The van der Waals surface area contributed by atoms with Crippen molar-refractivity contribution in [3.8, 4) is 17.0 Å². The number of thiazole rings is 1. The topological polar surface area (TPSA) is 48.1 Å². The van der Waals surface area contributed by atoms with Crippen LogP contribution in [0, 0.1) is 0 Å². The summed E-state index contributed by atoms with van der Waals surface area (Å²) in [7, 11) is 1.70. The molecule has 4 heteroatoms. The summed E-state index contributed by atoms with van der Waals surface area (Å²) in [5, 5.41) is 4.23. The zero-order valence-corrected chi connectivity index (χ0v) is 12.6. The van der Waals surface area contributed by atoms with Crippen molar-refractivity contribution in [1.82, 2.24) is 4.98 Å². The molecule has 1 saturated carbocycles. The minimum absolute atomic E-state index is 0.635. The second-order valence-corrected chi connectivity index (χ2v) is 6.46. The highest BCUT2D eigenvalue weighted by Gasteiger charge is 2.28. The van der Waals surface area contributed by atoms with Gasteiger partial charge in [0, 0.05) is 16.9 Å². The molecule has 0 spiro atoms. The largest absolute Gasteiger partial charge is 0.496 e. The standard InChI is InChI=1S/C17H16N2OS/c1-20-14-9-8-13(11-4-2-3-5-12(11)14)15-16(18)21-17(19-15)10-6-7-10/h2-5,8-10H,6-7,18H2,1H3. The van der Waals surface area contributed by atoms with Crippen molar-refractivity contribution in [2.75, 3.05) is 12.8 Å². The van der Waals surface area contributed by atoms with Crippen LogP contribution in [0.2, 0.25) is 0 Å². The van der Waals surface area contributed by atoms with Gasteiger partial charge in [-0.05, 0) is 30.4 Å². The fraction of sp³-hybridized carbons (Fsp3) is 0.235. The summed E-state index contributed by atoms with van der Waals surface area (Å²) in [6.45, 7) is 0. The van der Waals surface area contributed by atoms with Crippen molar-refractivity contribution >= 4 is 27.1 Å². The van der Waals surface area contributed by atoms with E-state index in [9.17, 15) is 0 Å². The third-order valence-electron chi connectivity index (χ3n) is 3.96. The Morgan fingerprint density at radius 3 is 2.62 bits per heavy atom. The molecule has 1 heterocycles. The Kier molecular flexibility index (Phi) is 2.86. The number of ether oxygens (including phenoxy) is 1. The van der Waals surface area contributed by atoms with Crippen molar-refractivity contribution in [3.63, 3.8) is 0 Å². The fourth-order valence-electron chi connectivity index (χ4n) is 2.70. The molecular formula is C17H16N2OS. The van der Waals surface area contributed by atoms with Gasteiger partial charge in [-0.1, -0.05) is 24.3 Å². The summed E-state index contributed by atoms with van der Waals surface area (Å²) < 4.78 is 5.45. The third-order valence-corrected chi connectivity index (χ3v) is 5.00. The Balaban J connectivity index is 1.94. The molecule has 1 fully saturated rings. The number of fused-ring (bicyclic) bond motifs is 1. The van der Waals surface area contributed by atoms with Gasteiger partial charge in [-0.15, -0.1) is 11.3 Å². The van der Waals surface area contributed by atoms with Gasteiger partial charge < -0.3 is 10.5 Å². The van der Waals surface area contributed by atoms with Crippen molar-refractivity contribution in [3.05, 3.63) is 41.4 Å². The molecule has 0 amide bonds. The van der Waals surface area contributed by atoms with Crippen molar-refractivity contribution < 1.29 is 4.74 Å². The number of benzene rings is 2. The van der Waals surface area contributed by atoms with E-state index in [1.54, 1.807) is 18.4 Å². The number of methoxy groups -OCH3 is 1. The molecule has 4 rings (SSSR count). The van der Waals surface area contributed by atoms with E-state index in [1.807, 2.05) is 18.2 Å². The predicted molar refractivity (Wildman–Crippen MR) is 88.0 cm³/mol. The number of nitrogens with two attached hydrogens (primary N) is 1. The number of hydrogen-bond donors (Lipinski definition) is 1. The lowest BCUT2D eigenvalue weighted by molar-refractivity contribution is 0.420. The molecule has 106 valence electrons. The first-order chi connectivity index (χ1) is 10.3. The molecule has 0 aliphatic heterocycles. The summed E-state index contributed by atoms with van der Waals surface area (Å²) in [5.74, 6) is 1.51. The molecule has 0 radical (unpaired) electrons. The molecule has 3 aromatic rings.